The van der Waals surface area contributed by atoms with E-state index in [1.165, 1.54) is 11.5 Å². The number of carbonyl (C=O) groups is 6. The molecule has 12 spiro atoms. The van der Waals surface area contributed by atoms with E-state index in [1.807, 2.05) is 41.5 Å². The van der Waals surface area contributed by atoms with Crippen molar-refractivity contribution in [3.63, 3.8) is 0 Å². The van der Waals surface area contributed by atoms with Crippen molar-refractivity contribution in [2.24, 2.45) is 130 Å². The molecular weight excluding hydrogens is 2150 g/mol. The third-order valence-electron chi connectivity index (χ3n) is 43.8. The van der Waals surface area contributed by atoms with Gasteiger partial charge in [-0.1, -0.05) is 219 Å². The first-order valence-electron chi connectivity index (χ1n) is 52.9. The minimum absolute atomic E-state index is 0. The van der Waals surface area contributed by atoms with Crippen molar-refractivity contribution >= 4 is 66.1 Å². The number of Topliss-reactive ketones (excluding diaryl/α,β-unsaturated/α-hetero) is 6. The molecule has 19 nitrogen and oxygen atoms in total. The van der Waals surface area contributed by atoms with Gasteiger partial charge in [-0.05, 0) is 223 Å². The van der Waals surface area contributed by atoms with Gasteiger partial charge in [0.1, 0.15) is 0 Å². The van der Waals surface area contributed by atoms with Crippen molar-refractivity contribution in [3.05, 3.63) is 25.5 Å². The molecule has 0 amide bonds. The van der Waals surface area contributed by atoms with Gasteiger partial charge < -0.3 is 30.2 Å². The maximum atomic E-state index is 13.1. The van der Waals surface area contributed by atoms with Crippen molar-refractivity contribution in [1.29, 1.82) is 0 Å². The Labute approximate surface area is 888 Å². The van der Waals surface area contributed by atoms with E-state index in [0.717, 1.165) is 117 Å². The number of thioether (sulfide) groups is 1. The van der Waals surface area contributed by atoms with E-state index in [0.29, 0.717) is 100 Å². The van der Waals surface area contributed by atoms with Crippen LogP contribution < -0.4 is 0 Å². The summed E-state index contributed by atoms with van der Waals surface area (Å²) in [5.41, 5.74) is 1.90. The van der Waals surface area contributed by atoms with Crippen molar-refractivity contribution in [1.82, 2.24) is 29.4 Å². The van der Waals surface area contributed by atoms with Crippen LogP contribution in [-0.4, -0.2) is 264 Å². The summed E-state index contributed by atoms with van der Waals surface area (Å²) in [6, 6.07) is 0.0842. The van der Waals surface area contributed by atoms with Crippen molar-refractivity contribution in [2.75, 3.05) is 113 Å². The Balaban J connectivity index is 0.000000187. The molecule has 810 valence electrons. The Kier molecular flexibility index (Phi) is 30.6. The molecule has 0 aromatic rings. The number of hydrogen-bond donors (Lipinski definition) is 0. The number of carbonyl (C=O) groups excluding carboxylic acids is 6. The van der Waals surface area contributed by atoms with Crippen molar-refractivity contribution in [3.8, 4) is 0 Å². The first-order chi connectivity index (χ1) is 60.2. The summed E-state index contributed by atoms with van der Waals surface area (Å²) in [7, 11) is -5.77. The van der Waals surface area contributed by atoms with E-state index < -0.39 is 19.7 Å². The van der Waals surface area contributed by atoms with Crippen LogP contribution in [0.5, 0.6) is 0 Å². The second-order valence-corrected chi connectivity index (χ2v) is 68.8. The Morgan fingerprint density at radius 3 is 0.507 bits per heavy atom. The second kappa shape index (κ2) is 34.9. The fourth-order valence-electron chi connectivity index (χ4n) is 33.1. The summed E-state index contributed by atoms with van der Waals surface area (Å²) in [5.74, 6) is 6.06. The van der Waals surface area contributed by atoms with Gasteiger partial charge in [0, 0.05) is 184 Å². The van der Waals surface area contributed by atoms with Crippen LogP contribution >= 0.6 is 11.8 Å². The minimum Gasteiger partial charge on any atom is -0.661 e. The number of fused-ring (bicyclic) bond motifs is 6. The number of sulfone groups is 2. The molecule has 18 aliphatic rings. The molecule has 12 atom stereocenters. The summed E-state index contributed by atoms with van der Waals surface area (Å²) >= 11 is 2.09. The van der Waals surface area contributed by atoms with Gasteiger partial charge in [-0.15, -0.1) is 26.2 Å². The molecule has 0 N–H and O–H groups in total. The van der Waals surface area contributed by atoms with Crippen LogP contribution in [-0.2, 0) is 94.0 Å². The Hall–Kier alpha value is -0.765. The second-order valence-electron chi connectivity index (χ2n) is 63.7. The molecule has 0 bridgehead atoms. The standard InChI is InChI=1S/2C19H33N2O.2C19H33NO3S.C19H33NO2.C19H33NOS.2CH3.2Re/c2*1-15(2,3)14(22)13-9-18(12-21(13)16(4,5)6)17(7,8)19(18)10-20-11-19;2*1-15(2,3)14(21)13-9-18(10-20(13)16(4,5)6)17(7,8)19(18)11-24(22,23)12-19;2*1-15(2,3)14(21)13-9-18(10-20(13)16(4,5)6)17(7,8)19(18)11-22-12-19;;;;/h2*13H,9-12H2,1-8H3;2*13H,9-12H2,1-8H3;2*13H,9-12H2,1-8H3;2*1H3;;/q2*-1;;;;;2*-1;;/t13-,18+;13-,18-;13-,18?;3*13-,18-;;;;/m000000..../s1. The molecule has 2 radical (unpaired) electrons. The first kappa shape index (κ1) is 123. The van der Waals surface area contributed by atoms with Gasteiger partial charge in [0.15, 0.2) is 54.4 Å². The van der Waals surface area contributed by atoms with E-state index in [1.54, 1.807) is 0 Å². The monoisotopic (exact) mass is 2360 g/mol. The summed E-state index contributed by atoms with van der Waals surface area (Å²) in [6.45, 7) is 117. The van der Waals surface area contributed by atoms with E-state index in [2.05, 4.69) is 343 Å². The molecule has 6 aliphatic carbocycles. The average Bonchev–Trinajstić information content (AvgIpc) is 1.41. The van der Waals surface area contributed by atoms with Gasteiger partial charge in [0.2, 0.25) is 0 Å². The van der Waals surface area contributed by atoms with Gasteiger partial charge in [0.05, 0.1) is 72.5 Å². The first-order valence-corrected chi connectivity index (χ1v) is 57.7. The zero-order valence-electron chi connectivity index (χ0n) is 98.5. The molecule has 12 saturated heterocycles. The molecule has 12 heterocycles. The maximum Gasteiger partial charge on any atom is 0.155 e. The normalized spacial score (nSPS) is 35.6. The Bertz CT molecular complexity index is 4500. The molecule has 0 aromatic carbocycles. The van der Waals surface area contributed by atoms with E-state index in [4.69, 9.17) is 4.74 Å². The summed E-state index contributed by atoms with van der Waals surface area (Å²) in [4.78, 5) is 93.4. The number of ketones is 6. The van der Waals surface area contributed by atoms with Crippen LogP contribution in [0.1, 0.15) is 371 Å². The maximum absolute atomic E-state index is 13.1. The topological polar surface area (TPSA) is 228 Å². The average molecular weight is 2360 g/mol. The van der Waals surface area contributed by atoms with Crippen LogP contribution in [0.3, 0.4) is 0 Å². The van der Waals surface area contributed by atoms with Gasteiger partial charge in [-0.2, -0.15) is 11.8 Å². The molecule has 18 rings (SSSR count). The molecule has 6 saturated carbocycles. The number of ether oxygens (including phenoxy) is 1. The predicted molar refractivity (Wildman–Crippen MR) is 572 cm³/mol. The molecule has 12 aliphatic heterocycles. The smallest absolute Gasteiger partial charge is 0.155 e. The van der Waals surface area contributed by atoms with Crippen molar-refractivity contribution in [2.45, 2.75) is 440 Å². The number of rotatable bonds is 6. The Morgan fingerprint density at radius 1 is 0.250 bits per heavy atom. The molecular formula is C116H204N8O11Re2S3-4. The molecule has 18 fully saturated rings. The van der Waals surface area contributed by atoms with E-state index in [-0.39, 0.29) is 213 Å². The van der Waals surface area contributed by atoms with Gasteiger partial charge in [-0.3, -0.25) is 58.2 Å². The van der Waals surface area contributed by atoms with Crippen LogP contribution in [0, 0.1) is 145 Å². The SMILES string of the molecule is CC(C)(C)C(=O)[C@@H]1CC2(CN1C(C)(C)C)C(C)(C)C21CS(=O)(=O)C1.CC(C)(C)C(=O)[C@@H]1C[C@@]2(CN1C(C)(C)C)C(C)(C)C21C[N-]C1.CC(C)(C)C(=O)[C@@H]1C[C@]2(CN1C(C)(C)C)C(C)(C)C21COC1.CC(C)(C)C(=O)[C@@H]1C[C@]2(CN1C(C)(C)C)C(C)(C)C21CS(=O)(=O)C1.CC(C)(C)C(=O)[C@@H]1C[C@]2(CN1C(C)(C)C)C(C)(C)C21CSC1.CC(C)(C)C(=O)[C@@H]1C[C@]2(CN1C(C)(C)C)C(C)(C)C21C[N-]C1.[CH3-].[CH3-].[Re].[Re]. The molecule has 24 heteroatoms. The van der Waals surface area contributed by atoms with Crippen molar-refractivity contribution < 1.29 is 91.2 Å². The van der Waals surface area contributed by atoms with Gasteiger partial charge in [-0.25, -0.2) is 16.8 Å². The summed E-state index contributed by atoms with van der Waals surface area (Å²) in [6.07, 6.45) is 5.77. The van der Waals surface area contributed by atoms with Crippen LogP contribution in [0.25, 0.3) is 10.6 Å². The quantitative estimate of drug-likeness (QED) is 0.225. The fraction of sp³-hybridized carbons (Fsp3) is 0.931. The summed E-state index contributed by atoms with van der Waals surface area (Å²) < 4.78 is 53.4. The number of hydrogen-bond acceptors (Lipinski definition) is 18. The zero-order valence-corrected chi connectivity index (χ0v) is 106. The summed E-state index contributed by atoms with van der Waals surface area (Å²) in [5, 5.41) is 9.10. The third-order valence-corrected chi connectivity index (χ3v) is 49.0. The molecule has 1 unspecified atom stereocenters. The molecule has 140 heavy (non-hydrogen) atoms. The van der Waals surface area contributed by atoms with Gasteiger partial charge >= 0.3 is 0 Å². The van der Waals surface area contributed by atoms with Crippen LogP contribution in [0.4, 0.5) is 0 Å². The van der Waals surface area contributed by atoms with Crippen LogP contribution in [0.2, 0.25) is 0 Å². The zero-order chi connectivity index (χ0) is 104. The third kappa shape index (κ3) is 17.2. The predicted octanol–water partition coefficient (Wildman–Crippen LogP) is 22.2. The molecule has 0 aromatic heterocycles. The number of likely N-dealkylation sites (tertiary alicyclic amines) is 6. The van der Waals surface area contributed by atoms with Crippen LogP contribution in [0.15, 0.2) is 0 Å². The number of nitrogens with zero attached hydrogens (tertiary/aromatic N) is 8. The Morgan fingerprint density at radius 2 is 0.400 bits per heavy atom. The minimum atomic E-state index is -2.88. The van der Waals surface area contributed by atoms with Gasteiger partial charge in [0.25, 0.3) is 0 Å². The van der Waals surface area contributed by atoms with E-state index >= 15 is 0 Å². The van der Waals surface area contributed by atoms with E-state index in [9.17, 15) is 45.6 Å². The largest absolute Gasteiger partial charge is 0.661 e. The fourth-order valence-corrected chi connectivity index (χ4v) is 40.3.